The van der Waals surface area contributed by atoms with Gasteiger partial charge in [0.1, 0.15) is 17.0 Å². The molecule has 0 amide bonds. The van der Waals surface area contributed by atoms with Gasteiger partial charge < -0.3 is 10.8 Å². The molecule has 6 heteroatoms. The van der Waals surface area contributed by atoms with Crippen molar-refractivity contribution < 1.29 is 14.3 Å². The lowest BCUT2D eigenvalue weighted by Crippen LogP contribution is -2.32. The third-order valence-corrected chi connectivity index (χ3v) is 1.87. The van der Waals surface area contributed by atoms with Crippen molar-refractivity contribution >= 4 is 17.6 Å². The molecule has 1 atom stereocenters. The predicted molar refractivity (Wildman–Crippen MR) is 48.5 cm³/mol. The normalized spacial score (nSPS) is 12.5. The second-order valence-corrected chi connectivity index (χ2v) is 3.13. The Labute approximate surface area is 84.5 Å². The van der Waals surface area contributed by atoms with E-state index in [1.165, 1.54) is 6.07 Å². The minimum atomic E-state index is -1.18. The molecule has 0 aromatic carbocycles. The number of pyridine rings is 1. The lowest BCUT2D eigenvalue weighted by atomic mass is 10.1. The van der Waals surface area contributed by atoms with Crippen LogP contribution in [0.2, 0.25) is 5.15 Å². The van der Waals surface area contributed by atoms with Gasteiger partial charge in [-0.2, -0.15) is 0 Å². The molecule has 0 fully saturated rings. The van der Waals surface area contributed by atoms with Gasteiger partial charge >= 0.3 is 5.97 Å². The van der Waals surface area contributed by atoms with Crippen molar-refractivity contribution in [3.8, 4) is 0 Å². The first kappa shape index (κ1) is 10.9. The minimum Gasteiger partial charge on any atom is -0.480 e. The fourth-order valence-corrected chi connectivity index (χ4v) is 1.11. The number of aliphatic carboxylic acids is 1. The molecule has 0 aliphatic heterocycles. The molecule has 4 nitrogen and oxygen atoms in total. The molecule has 1 aromatic heterocycles. The lowest BCUT2D eigenvalue weighted by Gasteiger charge is -2.06. The molecule has 0 bridgehead atoms. The molecule has 0 unspecified atom stereocenters. The highest BCUT2D eigenvalue weighted by molar-refractivity contribution is 6.29. The molecule has 0 spiro atoms. The third-order valence-electron chi connectivity index (χ3n) is 1.66. The number of hydrogen-bond acceptors (Lipinski definition) is 3. The molecule has 14 heavy (non-hydrogen) atoms. The summed E-state index contributed by atoms with van der Waals surface area (Å²) in [5.74, 6) is -1.79. The SMILES string of the molecule is N[C@H](Cc1cc(Cl)ncc1F)C(=O)O. The second kappa shape index (κ2) is 4.34. The highest BCUT2D eigenvalue weighted by atomic mass is 35.5. The average Bonchev–Trinajstić information content (AvgIpc) is 2.11. The van der Waals surface area contributed by atoms with Crippen molar-refractivity contribution in [3.63, 3.8) is 0 Å². The van der Waals surface area contributed by atoms with Gasteiger partial charge in [-0.3, -0.25) is 4.79 Å². The van der Waals surface area contributed by atoms with Crippen LogP contribution in [0.3, 0.4) is 0 Å². The Bertz CT molecular complexity index is 359. The summed E-state index contributed by atoms with van der Waals surface area (Å²) in [6.45, 7) is 0. The molecule has 0 saturated carbocycles. The number of rotatable bonds is 3. The van der Waals surface area contributed by atoms with E-state index >= 15 is 0 Å². The number of nitrogens with zero attached hydrogens (tertiary/aromatic N) is 1. The van der Waals surface area contributed by atoms with E-state index in [-0.39, 0.29) is 17.1 Å². The van der Waals surface area contributed by atoms with Crippen LogP contribution in [-0.4, -0.2) is 22.1 Å². The van der Waals surface area contributed by atoms with Crippen LogP contribution in [0.4, 0.5) is 4.39 Å². The first-order chi connectivity index (χ1) is 6.50. The van der Waals surface area contributed by atoms with E-state index in [0.717, 1.165) is 6.20 Å². The Morgan fingerprint density at radius 2 is 2.43 bits per heavy atom. The Morgan fingerprint density at radius 1 is 1.79 bits per heavy atom. The van der Waals surface area contributed by atoms with Crippen LogP contribution >= 0.6 is 11.6 Å². The van der Waals surface area contributed by atoms with E-state index in [1.54, 1.807) is 0 Å². The largest absolute Gasteiger partial charge is 0.480 e. The van der Waals surface area contributed by atoms with Crippen LogP contribution in [0.1, 0.15) is 5.56 Å². The summed E-state index contributed by atoms with van der Waals surface area (Å²) in [6, 6.07) is 0.127. The Kier molecular flexibility index (Phi) is 3.38. The maximum Gasteiger partial charge on any atom is 0.320 e. The molecule has 1 aromatic rings. The first-order valence-electron chi connectivity index (χ1n) is 3.79. The lowest BCUT2D eigenvalue weighted by molar-refractivity contribution is -0.138. The summed E-state index contributed by atoms with van der Waals surface area (Å²) in [7, 11) is 0. The van der Waals surface area contributed by atoms with E-state index in [1.807, 2.05) is 0 Å². The summed E-state index contributed by atoms with van der Waals surface area (Å²) < 4.78 is 13.0. The first-order valence-corrected chi connectivity index (χ1v) is 4.17. The van der Waals surface area contributed by atoms with Gasteiger partial charge in [0.25, 0.3) is 0 Å². The number of nitrogens with two attached hydrogens (primary N) is 1. The van der Waals surface area contributed by atoms with Gasteiger partial charge in [-0.1, -0.05) is 11.6 Å². The standard InChI is InChI=1S/C8H8ClFN2O2/c9-7-2-4(5(10)3-12-7)1-6(11)8(13)14/h2-3,6H,1,11H2,(H,13,14)/t6-/m1/s1. The van der Waals surface area contributed by atoms with Crippen LogP contribution in [0, 0.1) is 5.82 Å². The molecule has 0 aliphatic rings. The quantitative estimate of drug-likeness (QED) is 0.737. The fourth-order valence-electron chi connectivity index (χ4n) is 0.932. The van der Waals surface area contributed by atoms with Crippen molar-refractivity contribution in [2.75, 3.05) is 0 Å². The highest BCUT2D eigenvalue weighted by Gasteiger charge is 2.15. The van der Waals surface area contributed by atoms with Crippen molar-refractivity contribution in [2.45, 2.75) is 12.5 Å². The van der Waals surface area contributed by atoms with Crippen LogP contribution in [0.15, 0.2) is 12.3 Å². The summed E-state index contributed by atoms with van der Waals surface area (Å²) in [6.07, 6.45) is 0.829. The number of hydrogen-bond donors (Lipinski definition) is 2. The molecule has 3 N–H and O–H groups in total. The van der Waals surface area contributed by atoms with Gasteiger partial charge in [-0.25, -0.2) is 9.37 Å². The summed E-state index contributed by atoms with van der Waals surface area (Å²) in [4.78, 5) is 13.9. The Balaban J connectivity index is 2.85. The molecule has 76 valence electrons. The van der Waals surface area contributed by atoms with Gasteiger partial charge in [0, 0.05) is 6.42 Å². The van der Waals surface area contributed by atoms with Crippen molar-refractivity contribution in [3.05, 3.63) is 28.8 Å². The van der Waals surface area contributed by atoms with Gasteiger partial charge in [0.05, 0.1) is 6.20 Å². The zero-order chi connectivity index (χ0) is 10.7. The predicted octanol–water partition coefficient (Wildman–Crippen LogP) is 0.829. The van der Waals surface area contributed by atoms with Gasteiger partial charge in [-0.15, -0.1) is 0 Å². The molecule has 1 heterocycles. The number of carboxylic acid groups (broad SMARTS) is 1. The van der Waals surface area contributed by atoms with Crippen molar-refractivity contribution in [2.24, 2.45) is 5.73 Å². The number of carbonyl (C=O) groups is 1. The second-order valence-electron chi connectivity index (χ2n) is 2.75. The van der Waals surface area contributed by atoms with E-state index < -0.39 is 17.8 Å². The van der Waals surface area contributed by atoms with Crippen LogP contribution in [0.25, 0.3) is 0 Å². The van der Waals surface area contributed by atoms with E-state index in [4.69, 9.17) is 22.4 Å². The molecule has 0 saturated heterocycles. The molecular weight excluding hydrogens is 211 g/mol. The van der Waals surface area contributed by atoms with Gasteiger partial charge in [0.2, 0.25) is 0 Å². The maximum atomic E-state index is 13.0. The molecular formula is C8H8ClFN2O2. The number of carboxylic acids is 1. The zero-order valence-corrected chi connectivity index (χ0v) is 7.83. The summed E-state index contributed by atoms with van der Waals surface area (Å²) in [5, 5.41) is 8.62. The van der Waals surface area contributed by atoms with Gasteiger partial charge in [0.15, 0.2) is 0 Å². The highest BCUT2D eigenvalue weighted by Crippen LogP contribution is 2.13. The van der Waals surface area contributed by atoms with Crippen molar-refractivity contribution in [1.82, 2.24) is 4.98 Å². The third kappa shape index (κ3) is 2.65. The maximum absolute atomic E-state index is 13.0. The van der Waals surface area contributed by atoms with Crippen molar-refractivity contribution in [1.29, 1.82) is 0 Å². The number of halogens is 2. The smallest absolute Gasteiger partial charge is 0.320 e. The zero-order valence-electron chi connectivity index (χ0n) is 7.08. The summed E-state index contributed by atoms with van der Waals surface area (Å²) in [5.41, 5.74) is 5.39. The minimum absolute atomic E-state index is 0.108. The monoisotopic (exact) mass is 218 g/mol. The molecule has 0 radical (unpaired) electrons. The van der Waals surface area contributed by atoms with Gasteiger partial charge in [-0.05, 0) is 11.6 Å². The van der Waals surface area contributed by atoms with E-state index in [0.29, 0.717) is 0 Å². The Morgan fingerprint density at radius 3 is 3.00 bits per heavy atom. The summed E-state index contributed by atoms with van der Waals surface area (Å²) >= 11 is 5.51. The van der Waals surface area contributed by atoms with Crippen LogP contribution in [0.5, 0.6) is 0 Å². The Hall–Kier alpha value is -1.20. The van der Waals surface area contributed by atoms with Crippen LogP contribution in [-0.2, 0) is 11.2 Å². The van der Waals surface area contributed by atoms with Crippen LogP contribution < -0.4 is 5.73 Å². The number of aromatic nitrogens is 1. The topological polar surface area (TPSA) is 76.2 Å². The van der Waals surface area contributed by atoms with E-state index in [2.05, 4.69) is 4.98 Å². The fraction of sp³-hybridized carbons (Fsp3) is 0.250. The molecule has 0 aliphatic carbocycles. The average molecular weight is 219 g/mol. The molecule has 1 rings (SSSR count). The van der Waals surface area contributed by atoms with E-state index in [9.17, 15) is 9.18 Å².